The molecule has 0 aliphatic rings. The number of carbonyl (C=O) groups is 1. The molecule has 2 N–H and O–H groups in total. The molecule has 2 atom stereocenters. The summed E-state index contributed by atoms with van der Waals surface area (Å²) < 4.78 is 5.53. The Bertz CT molecular complexity index is 447. The summed E-state index contributed by atoms with van der Waals surface area (Å²) in [6.45, 7) is 6.14. The molecule has 4 nitrogen and oxygen atoms in total. The number of thioether (sulfide) groups is 1. The summed E-state index contributed by atoms with van der Waals surface area (Å²) in [4.78, 5) is 11.9. The lowest BCUT2D eigenvalue weighted by Gasteiger charge is -2.21. The number of aliphatic hydroxyl groups excluding tert-OH is 1. The van der Waals surface area contributed by atoms with Crippen molar-refractivity contribution in [2.45, 2.75) is 38.0 Å². The van der Waals surface area contributed by atoms with Gasteiger partial charge in [0.15, 0.2) is 6.61 Å². The Morgan fingerprint density at radius 1 is 1.38 bits per heavy atom. The van der Waals surface area contributed by atoms with Crippen molar-refractivity contribution < 1.29 is 14.6 Å². The average Bonchev–Trinajstić information content (AvgIpc) is 2.46. The third-order valence-electron chi connectivity index (χ3n) is 3.32. The van der Waals surface area contributed by atoms with Gasteiger partial charge in [-0.05, 0) is 36.8 Å². The lowest BCUT2D eigenvalue weighted by Crippen LogP contribution is -2.43. The Labute approximate surface area is 131 Å². The molecule has 1 aromatic carbocycles. The van der Waals surface area contributed by atoms with Gasteiger partial charge in [-0.3, -0.25) is 4.79 Å². The van der Waals surface area contributed by atoms with Crippen molar-refractivity contribution >= 4 is 17.7 Å². The smallest absolute Gasteiger partial charge is 0.258 e. The Kier molecular flexibility index (Phi) is 7.61. The second kappa shape index (κ2) is 8.95. The molecule has 0 radical (unpaired) electrons. The number of hydrogen-bond acceptors (Lipinski definition) is 4. The third-order valence-corrected chi connectivity index (χ3v) is 4.49. The molecule has 0 saturated carbocycles. The van der Waals surface area contributed by atoms with E-state index < -0.39 is 0 Å². The van der Waals surface area contributed by atoms with Gasteiger partial charge in [0.25, 0.3) is 5.91 Å². The minimum Gasteiger partial charge on any atom is -0.484 e. The van der Waals surface area contributed by atoms with E-state index in [1.165, 1.54) is 17.3 Å². The normalized spacial score (nSPS) is 13.8. The van der Waals surface area contributed by atoms with Gasteiger partial charge in [0.05, 0.1) is 6.61 Å². The lowest BCUT2D eigenvalue weighted by atomic mass is 10.0. The van der Waals surface area contributed by atoms with Gasteiger partial charge in [-0.1, -0.05) is 26.0 Å². The highest BCUT2D eigenvalue weighted by atomic mass is 32.2. The van der Waals surface area contributed by atoms with E-state index in [-0.39, 0.29) is 30.4 Å². The highest BCUT2D eigenvalue weighted by Gasteiger charge is 2.17. The van der Waals surface area contributed by atoms with Crippen molar-refractivity contribution in [3.63, 3.8) is 0 Å². The first-order valence-corrected chi connectivity index (χ1v) is 8.42. The molecule has 5 heteroatoms. The molecule has 21 heavy (non-hydrogen) atoms. The van der Waals surface area contributed by atoms with Crippen LogP contribution >= 0.6 is 11.8 Å². The van der Waals surface area contributed by atoms with E-state index in [0.717, 1.165) is 0 Å². The standard InChI is InChI=1S/C16H25NO3S/c1-11(2)13-6-5-7-14(8-13)20-10-16(19)17-12(3)15(9-18)21-4/h5-8,11-12,15,18H,9-10H2,1-4H3,(H,17,19). The van der Waals surface area contributed by atoms with Gasteiger partial charge in [0.1, 0.15) is 5.75 Å². The number of benzene rings is 1. The van der Waals surface area contributed by atoms with Crippen LogP contribution in [0.4, 0.5) is 0 Å². The molecule has 0 aromatic heterocycles. The SMILES string of the molecule is CSC(CO)C(C)NC(=O)COc1cccc(C(C)C)c1. The molecule has 118 valence electrons. The number of amides is 1. The Balaban J connectivity index is 2.48. The molecule has 1 rings (SSSR count). The van der Waals surface area contributed by atoms with Crippen LogP contribution in [0.5, 0.6) is 5.75 Å². The molecule has 1 amide bonds. The van der Waals surface area contributed by atoms with Crippen LogP contribution in [0.15, 0.2) is 24.3 Å². The van der Waals surface area contributed by atoms with Gasteiger partial charge in [-0.2, -0.15) is 11.8 Å². The second-order valence-electron chi connectivity index (χ2n) is 5.33. The van der Waals surface area contributed by atoms with E-state index in [1.807, 2.05) is 37.4 Å². The second-order valence-corrected chi connectivity index (χ2v) is 6.41. The lowest BCUT2D eigenvalue weighted by molar-refractivity contribution is -0.123. The monoisotopic (exact) mass is 311 g/mol. The maximum absolute atomic E-state index is 11.9. The Hall–Kier alpha value is -1.20. The van der Waals surface area contributed by atoms with Gasteiger partial charge >= 0.3 is 0 Å². The molecule has 0 fully saturated rings. The maximum atomic E-state index is 11.9. The van der Waals surface area contributed by atoms with Gasteiger partial charge in [-0.15, -0.1) is 0 Å². The minimum absolute atomic E-state index is 0.00165. The molecule has 2 unspecified atom stereocenters. The Morgan fingerprint density at radius 2 is 2.10 bits per heavy atom. The highest BCUT2D eigenvalue weighted by molar-refractivity contribution is 7.99. The summed E-state index contributed by atoms with van der Waals surface area (Å²) in [5.74, 6) is 0.951. The van der Waals surface area contributed by atoms with Gasteiger partial charge in [0.2, 0.25) is 0 Å². The van der Waals surface area contributed by atoms with E-state index in [2.05, 4.69) is 19.2 Å². The van der Waals surface area contributed by atoms with Crippen LogP contribution in [0.2, 0.25) is 0 Å². The van der Waals surface area contributed by atoms with E-state index >= 15 is 0 Å². The van der Waals surface area contributed by atoms with Crippen LogP contribution < -0.4 is 10.1 Å². The van der Waals surface area contributed by atoms with Crippen LogP contribution in [0.1, 0.15) is 32.3 Å². The van der Waals surface area contributed by atoms with E-state index in [1.54, 1.807) is 0 Å². The van der Waals surface area contributed by atoms with Crippen molar-refractivity contribution in [2.24, 2.45) is 0 Å². The zero-order valence-corrected chi connectivity index (χ0v) is 13.9. The number of carbonyl (C=O) groups excluding carboxylic acids is 1. The summed E-state index contributed by atoms with van der Waals surface area (Å²) in [6, 6.07) is 7.69. The maximum Gasteiger partial charge on any atom is 0.258 e. The molecular weight excluding hydrogens is 286 g/mol. The number of hydrogen-bond donors (Lipinski definition) is 2. The summed E-state index contributed by atoms with van der Waals surface area (Å²) in [6.07, 6.45) is 1.91. The first kappa shape index (κ1) is 17.9. The fraction of sp³-hybridized carbons (Fsp3) is 0.562. The fourth-order valence-electron chi connectivity index (χ4n) is 1.94. The zero-order valence-electron chi connectivity index (χ0n) is 13.1. The van der Waals surface area contributed by atoms with E-state index in [0.29, 0.717) is 11.7 Å². The Morgan fingerprint density at radius 3 is 2.67 bits per heavy atom. The van der Waals surface area contributed by atoms with Gasteiger partial charge < -0.3 is 15.2 Å². The molecule has 1 aromatic rings. The van der Waals surface area contributed by atoms with Crippen LogP contribution in [-0.4, -0.2) is 41.8 Å². The van der Waals surface area contributed by atoms with Gasteiger partial charge in [-0.25, -0.2) is 0 Å². The van der Waals surface area contributed by atoms with Crippen molar-refractivity contribution in [3.8, 4) is 5.75 Å². The highest BCUT2D eigenvalue weighted by Crippen LogP contribution is 2.20. The van der Waals surface area contributed by atoms with Crippen molar-refractivity contribution in [2.75, 3.05) is 19.5 Å². The van der Waals surface area contributed by atoms with Crippen LogP contribution in [0.3, 0.4) is 0 Å². The van der Waals surface area contributed by atoms with Crippen LogP contribution in [0, 0.1) is 0 Å². The number of rotatable bonds is 8. The molecule has 0 saturated heterocycles. The predicted molar refractivity (Wildman–Crippen MR) is 88.0 cm³/mol. The summed E-state index contributed by atoms with van der Waals surface area (Å²) in [5, 5.41) is 12.0. The molecule has 0 aliphatic heterocycles. The first-order valence-electron chi connectivity index (χ1n) is 7.13. The summed E-state index contributed by atoms with van der Waals surface area (Å²) in [5.41, 5.74) is 1.18. The third kappa shape index (κ3) is 5.98. The first-order chi connectivity index (χ1) is 9.97. The molecule has 0 bridgehead atoms. The van der Waals surface area contributed by atoms with Crippen molar-refractivity contribution in [1.29, 1.82) is 0 Å². The number of ether oxygens (including phenoxy) is 1. The van der Waals surface area contributed by atoms with Crippen LogP contribution in [-0.2, 0) is 4.79 Å². The largest absolute Gasteiger partial charge is 0.484 e. The summed E-state index contributed by atoms with van der Waals surface area (Å²) >= 11 is 1.53. The van der Waals surface area contributed by atoms with Crippen LogP contribution in [0.25, 0.3) is 0 Å². The van der Waals surface area contributed by atoms with Crippen molar-refractivity contribution in [3.05, 3.63) is 29.8 Å². The van der Waals surface area contributed by atoms with Gasteiger partial charge in [0, 0.05) is 11.3 Å². The van der Waals surface area contributed by atoms with E-state index in [9.17, 15) is 9.90 Å². The average molecular weight is 311 g/mol. The summed E-state index contributed by atoms with van der Waals surface area (Å²) in [7, 11) is 0. The van der Waals surface area contributed by atoms with Crippen molar-refractivity contribution in [1.82, 2.24) is 5.32 Å². The zero-order chi connectivity index (χ0) is 15.8. The quantitative estimate of drug-likeness (QED) is 0.774. The molecule has 0 heterocycles. The minimum atomic E-state index is -0.176. The topological polar surface area (TPSA) is 58.6 Å². The molecule has 0 aliphatic carbocycles. The number of aliphatic hydroxyl groups is 1. The molecule has 0 spiro atoms. The number of nitrogens with one attached hydrogen (secondary N) is 1. The fourth-order valence-corrected chi connectivity index (χ4v) is 2.56. The molecular formula is C16H25NO3S. The predicted octanol–water partition coefficient (Wildman–Crippen LogP) is 2.42. The van der Waals surface area contributed by atoms with E-state index in [4.69, 9.17) is 4.74 Å².